The molecule has 2 amide bonds. The van der Waals surface area contributed by atoms with Gasteiger partial charge in [-0.05, 0) is 62.2 Å². The Morgan fingerprint density at radius 1 is 0.971 bits per heavy atom. The zero-order valence-electron chi connectivity index (χ0n) is 19.4. The molecule has 9 nitrogen and oxygen atoms in total. The summed E-state index contributed by atoms with van der Waals surface area (Å²) in [5.74, 6) is -0.381. The largest absolute Gasteiger partial charge is 0.490 e. The summed E-state index contributed by atoms with van der Waals surface area (Å²) < 4.78 is 15.8. The molecule has 0 unspecified atom stereocenters. The summed E-state index contributed by atoms with van der Waals surface area (Å²) in [6, 6.07) is 10.2. The first-order valence-electron chi connectivity index (χ1n) is 10.8. The van der Waals surface area contributed by atoms with Crippen LogP contribution in [0.15, 0.2) is 41.5 Å². The van der Waals surface area contributed by atoms with E-state index in [1.807, 2.05) is 13.8 Å². The number of rotatable bonds is 12. The van der Waals surface area contributed by atoms with Crippen molar-refractivity contribution < 1.29 is 28.6 Å². The van der Waals surface area contributed by atoms with E-state index in [9.17, 15) is 14.4 Å². The molecular formula is C24H28ClN3O6. The Bertz CT molecular complexity index is 1040. The minimum Gasteiger partial charge on any atom is -0.490 e. The molecule has 0 aromatic heterocycles. The molecule has 0 heterocycles. The number of halogens is 1. The number of hydrazone groups is 1. The summed E-state index contributed by atoms with van der Waals surface area (Å²) in [4.78, 5) is 35.5. The fraction of sp³-hybridized carbons (Fsp3) is 0.333. The molecule has 0 aliphatic carbocycles. The van der Waals surface area contributed by atoms with Crippen molar-refractivity contribution in [1.29, 1.82) is 0 Å². The fourth-order valence-corrected chi connectivity index (χ4v) is 2.87. The first-order valence-corrected chi connectivity index (χ1v) is 11.1. The van der Waals surface area contributed by atoms with E-state index in [0.717, 1.165) is 5.56 Å². The normalized spacial score (nSPS) is 10.6. The number of anilines is 1. The van der Waals surface area contributed by atoms with Crippen molar-refractivity contribution in [2.45, 2.75) is 33.6 Å². The van der Waals surface area contributed by atoms with Gasteiger partial charge in [0.15, 0.2) is 18.1 Å². The smallest absolute Gasteiger partial charge is 0.344 e. The lowest BCUT2D eigenvalue weighted by atomic mass is 10.2. The summed E-state index contributed by atoms with van der Waals surface area (Å²) in [5, 5.41) is 7.16. The second-order valence-corrected chi connectivity index (χ2v) is 7.45. The molecule has 0 bridgehead atoms. The number of carbonyl (C=O) groups is 3. The summed E-state index contributed by atoms with van der Waals surface area (Å²) in [5.41, 5.74) is 4.50. The molecule has 2 aromatic rings. The summed E-state index contributed by atoms with van der Waals surface area (Å²) in [7, 11) is 0. The van der Waals surface area contributed by atoms with Crippen molar-refractivity contribution in [1.82, 2.24) is 5.43 Å². The van der Waals surface area contributed by atoms with Crippen LogP contribution in [-0.4, -0.2) is 43.8 Å². The SMILES string of the molecule is CCOC(=O)COc1ccc(C=NNC(=O)CCC(=O)Nc2ccc(C)c(Cl)c2)cc1OCC. The minimum atomic E-state index is -0.477. The molecule has 0 fully saturated rings. The third kappa shape index (κ3) is 9.11. The van der Waals surface area contributed by atoms with Gasteiger partial charge in [-0.3, -0.25) is 9.59 Å². The van der Waals surface area contributed by atoms with Crippen molar-refractivity contribution in [3.63, 3.8) is 0 Å². The lowest BCUT2D eigenvalue weighted by Crippen LogP contribution is -2.20. The van der Waals surface area contributed by atoms with E-state index in [1.165, 1.54) is 6.21 Å². The van der Waals surface area contributed by atoms with Crippen LogP contribution in [0.1, 0.15) is 37.8 Å². The minimum absolute atomic E-state index is 0.00611. The molecule has 2 N–H and O–H groups in total. The molecule has 0 aliphatic rings. The van der Waals surface area contributed by atoms with E-state index < -0.39 is 11.9 Å². The number of esters is 1. The number of nitrogens with one attached hydrogen (secondary N) is 2. The highest BCUT2D eigenvalue weighted by atomic mass is 35.5. The van der Waals surface area contributed by atoms with Crippen molar-refractivity contribution in [2.75, 3.05) is 25.1 Å². The van der Waals surface area contributed by atoms with Gasteiger partial charge in [0.25, 0.3) is 0 Å². The highest BCUT2D eigenvalue weighted by Gasteiger charge is 2.10. The van der Waals surface area contributed by atoms with E-state index in [4.69, 9.17) is 25.8 Å². The van der Waals surface area contributed by atoms with Crippen LogP contribution >= 0.6 is 11.6 Å². The Morgan fingerprint density at radius 3 is 2.44 bits per heavy atom. The van der Waals surface area contributed by atoms with Gasteiger partial charge in [-0.25, -0.2) is 10.2 Å². The van der Waals surface area contributed by atoms with Crippen molar-refractivity contribution in [3.8, 4) is 11.5 Å². The van der Waals surface area contributed by atoms with Gasteiger partial charge in [0.05, 0.1) is 19.4 Å². The van der Waals surface area contributed by atoms with E-state index in [1.54, 1.807) is 43.3 Å². The van der Waals surface area contributed by atoms with Crippen LogP contribution in [0.4, 0.5) is 5.69 Å². The average Bonchev–Trinajstić information content (AvgIpc) is 2.80. The first-order chi connectivity index (χ1) is 16.3. The van der Waals surface area contributed by atoms with Crippen LogP contribution in [0.25, 0.3) is 0 Å². The van der Waals surface area contributed by atoms with Crippen LogP contribution in [0.5, 0.6) is 11.5 Å². The molecule has 0 radical (unpaired) electrons. The van der Waals surface area contributed by atoms with Gasteiger partial charge in [0, 0.05) is 23.6 Å². The maximum Gasteiger partial charge on any atom is 0.344 e. The Kier molecular flexibility index (Phi) is 10.9. The molecule has 0 saturated heterocycles. The Hall–Kier alpha value is -3.59. The van der Waals surface area contributed by atoms with Crippen molar-refractivity contribution in [2.24, 2.45) is 5.10 Å². The third-order valence-corrected chi connectivity index (χ3v) is 4.76. The van der Waals surface area contributed by atoms with Gasteiger partial charge in [-0.1, -0.05) is 17.7 Å². The van der Waals surface area contributed by atoms with Crippen LogP contribution in [0.2, 0.25) is 5.02 Å². The maximum atomic E-state index is 12.0. The van der Waals surface area contributed by atoms with Gasteiger partial charge < -0.3 is 19.5 Å². The lowest BCUT2D eigenvalue weighted by molar-refractivity contribution is -0.145. The van der Waals surface area contributed by atoms with Crippen LogP contribution < -0.4 is 20.2 Å². The van der Waals surface area contributed by atoms with Gasteiger partial charge in [0.2, 0.25) is 11.8 Å². The molecule has 0 atom stereocenters. The average molecular weight is 490 g/mol. The highest BCUT2D eigenvalue weighted by molar-refractivity contribution is 6.31. The van der Waals surface area contributed by atoms with Gasteiger partial charge in [-0.15, -0.1) is 0 Å². The standard InChI is InChI=1S/C24H28ClN3O6/c1-4-32-21-12-17(7-9-20(21)34-15-24(31)33-5-2)14-26-28-23(30)11-10-22(29)27-18-8-6-16(3)19(25)13-18/h6-9,12-14H,4-5,10-11,15H2,1-3H3,(H,27,29)(H,28,30). The molecule has 182 valence electrons. The molecule has 2 rings (SSSR count). The number of amides is 2. The number of carbonyl (C=O) groups excluding carboxylic acids is 3. The Morgan fingerprint density at radius 2 is 1.74 bits per heavy atom. The maximum absolute atomic E-state index is 12.0. The fourth-order valence-electron chi connectivity index (χ4n) is 2.69. The topological polar surface area (TPSA) is 115 Å². The Balaban J connectivity index is 1.84. The monoisotopic (exact) mass is 489 g/mol. The second-order valence-electron chi connectivity index (χ2n) is 7.04. The zero-order chi connectivity index (χ0) is 24.9. The van der Waals surface area contributed by atoms with E-state index in [0.29, 0.717) is 34.4 Å². The van der Waals surface area contributed by atoms with Crippen LogP contribution in [-0.2, 0) is 19.1 Å². The predicted molar refractivity (Wildman–Crippen MR) is 130 cm³/mol. The number of aryl methyl sites for hydroxylation is 1. The predicted octanol–water partition coefficient (Wildman–Crippen LogP) is 3.86. The van der Waals surface area contributed by atoms with Crippen LogP contribution in [0.3, 0.4) is 0 Å². The van der Waals surface area contributed by atoms with Crippen LogP contribution in [0, 0.1) is 6.92 Å². The number of nitrogens with zero attached hydrogens (tertiary/aromatic N) is 1. The van der Waals surface area contributed by atoms with Gasteiger partial charge in [0.1, 0.15) is 0 Å². The molecule has 10 heteroatoms. The summed E-state index contributed by atoms with van der Waals surface area (Å²) in [6.45, 7) is 5.83. The molecule has 0 saturated carbocycles. The van der Waals surface area contributed by atoms with E-state index in [2.05, 4.69) is 15.8 Å². The summed E-state index contributed by atoms with van der Waals surface area (Å²) >= 11 is 6.04. The number of benzene rings is 2. The first kappa shape index (κ1) is 26.7. The lowest BCUT2D eigenvalue weighted by Gasteiger charge is -2.12. The third-order valence-electron chi connectivity index (χ3n) is 4.36. The van der Waals surface area contributed by atoms with E-state index >= 15 is 0 Å². The van der Waals surface area contributed by atoms with Gasteiger partial charge in [-0.2, -0.15) is 5.10 Å². The number of ether oxygens (including phenoxy) is 3. The van der Waals surface area contributed by atoms with Gasteiger partial charge >= 0.3 is 5.97 Å². The second kappa shape index (κ2) is 13.8. The van der Waals surface area contributed by atoms with Crippen molar-refractivity contribution >= 4 is 41.3 Å². The summed E-state index contributed by atoms with van der Waals surface area (Å²) in [6.07, 6.45) is 1.39. The van der Waals surface area contributed by atoms with E-state index in [-0.39, 0.29) is 32.0 Å². The number of hydrogen-bond acceptors (Lipinski definition) is 7. The molecule has 0 spiro atoms. The molecule has 0 aliphatic heterocycles. The molecule has 34 heavy (non-hydrogen) atoms. The Labute approximate surface area is 203 Å². The molecule has 2 aromatic carbocycles. The highest BCUT2D eigenvalue weighted by Crippen LogP contribution is 2.28. The molecular weight excluding hydrogens is 462 g/mol. The zero-order valence-corrected chi connectivity index (χ0v) is 20.1. The van der Waals surface area contributed by atoms with Crippen molar-refractivity contribution in [3.05, 3.63) is 52.5 Å². The number of hydrogen-bond donors (Lipinski definition) is 2. The quantitative estimate of drug-likeness (QED) is 0.266.